The maximum absolute atomic E-state index is 13.9. The molecule has 8 heteroatoms. The van der Waals surface area contributed by atoms with Crippen LogP contribution in [-0.4, -0.2) is 40.4 Å². The molecule has 5 rings (SSSR count). The summed E-state index contributed by atoms with van der Waals surface area (Å²) in [5.74, 6) is 1.76. The Labute approximate surface area is 192 Å². The SMILES string of the molecule is COc1ccc(N2C(=O)N([C@H]3CC[C@H](O)C3)c3nc(Nc4ccccc4)ncc3[C@@H]2C)cc1. The number of urea groups is 1. The molecule has 1 fully saturated rings. The van der Waals surface area contributed by atoms with Crippen LogP contribution < -0.4 is 19.9 Å². The Morgan fingerprint density at radius 3 is 2.48 bits per heavy atom. The van der Waals surface area contributed by atoms with E-state index in [-0.39, 0.29) is 18.1 Å². The Morgan fingerprint density at radius 1 is 1.06 bits per heavy atom. The fourth-order valence-electron chi connectivity index (χ4n) is 4.67. The van der Waals surface area contributed by atoms with Gasteiger partial charge in [0, 0.05) is 29.2 Å². The van der Waals surface area contributed by atoms with Crippen LogP contribution in [0.2, 0.25) is 0 Å². The summed E-state index contributed by atoms with van der Waals surface area (Å²) >= 11 is 0. The average molecular weight is 446 g/mol. The molecule has 1 aliphatic heterocycles. The van der Waals surface area contributed by atoms with E-state index < -0.39 is 6.10 Å². The fraction of sp³-hybridized carbons (Fsp3) is 0.320. The molecule has 0 spiro atoms. The van der Waals surface area contributed by atoms with Crippen molar-refractivity contribution in [2.24, 2.45) is 0 Å². The second-order valence-electron chi connectivity index (χ2n) is 8.48. The zero-order valence-electron chi connectivity index (χ0n) is 18.7. The van der Waals surface area contributed by atoms with E-state index in [2.05, 4.69) is 10.3 Å². The van der Waals surface area contributed by atoms with Crippen LogP contribution in [0.1, 0.15) is 37.8 Å². The summed E-state index contributed by atoms with van der Waals surface area (Å²) in [6.07, 6.45) is 3.30. The molecule has 0 radical (unpaired) electrons. The minimum Gasteiger partial charge on any atom is -0.497 e. The van der Waals surface area contributed by atoms with Crippen LogP contribution in [0.5, 0.6) is 5.75 Å². The second-order valence-corrected chi connectivity index (χ2v) is 8.48. The lowest BCUT2D eigenvalue weighted by molar-refractivity contribution is 0.181. The Hall–Kier alpha value is -3.65. The predicted octanol–water partition coefficient (Wildman–Crippen LogP) is 4.65. The molecule has 2 heterocycles. The molecule has 33 heavy (non-hydrogen) atoms. The summed E-state index contributed by atoms with van der Waals surface area (Å²) in [5.41, 5.74) is 2.51. The molecule has 8 nitrogen and oxygen atoms in total. The van der Waals surface area contributed by atoms with Crippen LogP contribution in [0.25, 0.3) is 0 Å². The molecular weight excluding hydrogens is 418 g/mol. The first-order valence-corrected chi connectivity index (χ1v) is 11.2. The smallest absolute Gasteiger partial charge is 0.330 e. The van der Waals surface area contributed by atoms with Crippen molar-refractivity contribution < 1.29 is 14.6 Å². The number of aromatic nitrogens is 2. The van der Waals surface area contributed by atoms with E-state index in [1.54, 1.807) is 23.1 Å². The van der Waals surface area contributed by atoms with Gasteiger partial charge in [0.15, 0.2) is 0 Å². The van der Waals surface area contributed by atoms with Crippen molar-refractivity contribution in [3.05, 3.63) is 66.4 Å². The van der Waals surface area contributed by atoms with Crippen molar-refractivity contribution in [1.82, 2.24) is 9.97 Å². The number of ether oxygens (including phenoxy) is 1. The van der Waals surface area contributed by atoms with E-state index in [4.69, 9.17) is 9.72 Å². The van der Waals surface area contributed by atoms with Gasteiger partial charge in [-0.3, -0.25) is 9.80 Å². The highest BCUT2D eigenvalue weighted by molar-refractivity contribution is 6.06. The quantitative estimate of drug-likeness (QED) is 0.594. The van der Waals surface area contributed by atoms with E-state index in [1.165, 1.54) is 0 Å². The van der Waals surface area contributed by atoms with Gasteiger partial charge < -0.3 is 15.2 Å². The van der Waals surface area contributed by atoms with Crippen LogP contribution in [0.15, 0.2) is 60.8 Å². The number of hydrogen-bond donors (Lipinski definition) is 2. The van der Waals surface area contributed by atoms with Crippen molar-refractivity contribution in [1.29, 1.82) is 0 Å². The predicted molar refractivity (Wildman–Crippen MR) is 127 cm³/mol. The number of carbonyl (C=O) groups excluding carboxylic acids is 1. The lowest BCUT2D eigenvalue weighted by atomic mass is 10.0. The number of amides is 2. The Kier molecular flexibility index (Phi) is 5.60. The van der Waals surface area contributed by atoms with E-state index in [0.717, 1.165) is 29.1 Å². The summed E-state index contributed by atoms with van der Waals surface area (Å²) in [5, 5.41) is 13.4. The lowest BCUT2D eigenvalue weighted by Gasteiger charge is -2.42. The Bertz CT molecular complexity index is 1140. The molecule has 3 atom stereocenters. The maximum Gasteiger partial charge on any atom is 0.330 e. The number of fused-ring (bicyclic) bond motifs is 1. The fourth-order valence-corrected chi connectivity index (χ4v) is 4.67. The van der Waals surface area contributed by atoms with Gasteiger partial charge >= 0.3 is 6.03 Å². The zero-order valence-corrected chi connectivity index (χ0v) is 18.7. The summed E-state index contributed by atoms with van der Waals surface area (Å²) < 4.78 is 5.27. The van der Waals surface area contributed by atoms with Crippen molar-refractivity contribution in [2.45, 2.75) is 44.4 Å². The monoisotopic (exact) mass is 445 g/mol. The van der Waals surface area contributed by atoms with Gasteiger partial charge in [-0.05, 0) is 62.6 Å². The topological polar surface area (TPSA) is 90.8 Å². The highest BCUT2D eigenvalue weighted by atomic mass is 16.5. The third-order valence-electron chi connectivity index (χ3n) is 6.40. The van der Waals surface area contributed by atoms with Crippen molar-refractivity contribution in [2.75, 3.05) is 22.2 Å². The van der Waals surface area contributed by atoms with Gasteiger partial charge in [0.2, 0.25) is 5.95 Å². The normalized spacial score (nSPS) is 22.3. The lowest BCUT2D eigenvalue weighted by Crippen LogP contribution is -2.53. The highest BCUT2D eigenvalue weighted by Gasteiger charge is 2.43. The number of methoxy groups -OCH3 is 1. The number of nitrogens with zero attached hydrogens (tertiary/aromatic N) is 4. The molecule has 0 unspecified atom stereocenters. The van der Waals surface area contributed by atoms with Gasteiger partial charge in [-0.25, -0.2) is 9.78 Å². The first kappa shape index (κ1) is 21.2. The van der Waals surface area contributed by atoms with Gasteiger partial charge in [-0.1, -0.05) is 18.2 Å². The van der Waals surface area contributed by atoms with E-state index >= 15 is 0 Å². The minimum absolute atomic E-state index is 0.126. The van der Waals surface area contributed by atoms with Crippen LogP contribution >= 0.6 is 0 Å². The molecule has 2 N–H and O–H groups in total. The number of anilines is 4. The number of aliphatic hydroxyl groups is 1. The van der Waals surface area contributed by atoms with E-state index in [1.807, 2.05) is 61.5 Å². The summed E-state index contributed by atoms with van der Waals surface area (Å²) in [4.78, 5) is 26.7. The number of rotatable bonds is 5. The van der Waals surface area contributed by atoms with Gasteiger partial charge in [0.1, 0.15) is 11.6 Å². The van der Waals surface area contributed by atoms with Gasteiger partial charge in [-0.2, -0.15) is 4.98 Å². The zero-order chi connectivity index (χ0) is 22.9. The number of hydrogen-bond acceptors (Lipinski definition) is 6. The number of carbonyl (C=O) groups is 1. The largest absolute Gasteiger partial charge is 0.497 e. The number of benzene rings is 2. The van der Waals surface area contributed by atoms with Crippen LogP contribution in [0.4, 0.5) is 27.9 Å². The van der Waals surface area contributed by atoms with Crippen LogP contribution in [0.3, 0.4) is 0 Å². The number of nitrogens with one attached hydrogen (secondary N) is 1. The van der Waals surface area contributed by atoms with Crippen molar-refractivity contribution in [3.63, 3.8) is 0 Å². The highest BCUT2D eigenvalue weighted by Crippen LogP contribution is 2.42. The molecule has 3 aromatic rings. The molecule has 170 valence electrons. The summed E-state index contributed by atoms with van der Waals surface area (Å²) in [6, 6.07) is 16.6. The first-order chi connectivity index (χ1) is 16.0. The van der Waals surface area contributed by atoms with Crippen LogP contribution in [-0.2, 0) is 0 Å². The van der Waals surface area contributed by atoms with E-state index in [0.29, 0.717) is 24.6 Å². The number of para-hydroxylation sites is 1. The van der Waals surface area contributed by atoms with E-state index in [9.17, 15) is 9.90 Å². The molecule has 2 amide bonds. The van der Waals surface area contributed by atoms with Gasteiger partial charge in [0.05, 0.1) is 19.3 Å². The summed E-state index contributed by atoms with van der Waals surface area (Å²) in [7, 11) is 1.62. The molecule has 1 saturated carbocycles. The molecule has 2 aliphatic rings. The number of aliphatic hydroxyl groups excluding tert-OH is 1. The molecule has 1 aromatic heterocycles. The molecule has 0 saturated heterocycles. The molecule has 0 bridgehead atoms. The first-order valence-electron chi connectivity index (χ1n) is 11.2. The standard InChI is InChI=1S/C25H27N5O3/c1-16-22-15-26-24(27-17-6-4-3-5-7-17)28-23(22)30(19-8-11-20(31)14-19)25(32)29(16)18-9-12-21(33-2)13-10-18/h3-7,9-10,12-13,15-16,19-20,31H,8,11,14H2,1-2H3,(H,26,27,28)/t16-,19-,20-/m0/s1. The Balaban J connectivity index is 1.56. The second kappa shape index (κ2) is 8.71. The van der Waals surface area contributed by atoms with Crippen molar-refractivity contribution >= 4 is 29.2 Å². The molecule has 1 aliphatic carbocycles. The Morgan fingerprint density at radius 2 is 1.82 bits per heavy atom. The average Bonchev–Trinajstić information content (AvgIpc) is 3.26. The third-order valence-corrected chi connectivity index (χ3v) is 6.40. The van der Waals surface area contributed by atoms with Gasteiger partial charge in [0.25, 0.3) is 0 Å². The summed E-state index contributed by atoms with van der Waals surface area (Å²) in [6.45, 7) is 1.98. The van der Waals surface area contributed by atoms with Crippen molar-refractivity contribution in [3.8, 4) is 5.75 Å². The van der Waals surface area contributed by atoms with Gasteiger partial charge in [-0.15, -0.1) is 0 Å². The third kappa shape index (κ3) is 3.98. The minimum atomic E-state index is -0.413. The maximum atomic E-state index is 13.9. The molecular formula is C25H27N5O3. The van der Waals surface area contributed by atoms with Crippen LogP contribution in [0, 0.1) is 0 Å². The molecule has 2 aromatic carbocycles.